The van der Waals surface area contributed by atoms with E-state index in [2.05, 4.69) is 42.2 Å². The molecule has 8 atom stereocenters. The third-order valence-electron chi connectivity index (χ3n) is 7.37. The number of thiol groups is 1. The van der Waals surface area contributed by atoms with Gasteiger partial charge in [0.15, 0.2) is 0 Å². The molecule has 3 saturated heterocycles. The average Bonchev–Trinajstić information content (AvgIpc) is 3.72. The zero-order chi connectivity index (χ0) is 31.8. The van der Waals surface area contributed by atoms with E-state index in [1.54, 1.807) is 0 Å². The van der Waals surface area contributed by atoms with E-state index in [-0.39, 0.29) is 34.1 Å². The van der Waals surface area contributed by atoms with E-state index < -0.39 is 83.3 Å². The number of nitrogens with one attached hydrogen (secondary N) is 1. The van der Waals surface area contributed by atoms with Crippen LogP contribution in [0, 0.1) is 0 Å². The summed E-state index contributed by atoms with van der Waals surface area (Å²) >= 11 is 4.11. The van der Waals surface area contributed by atoms with Gasteiger partial charge in [-0.2, -0.15) is 0 Å². The third kappa shape index (κ3) is 5.51. The number of aromatic nitrogens is 8. The van der Waals surface area contributed by atoms with Crippen molar-refractivity contribution in [1.82, 2.24) is 39.0 Å². The molecule has 2 bridgehead atoms. The maximum absolute atomic E-state index is 15.9. The Bertz CT molecular complexity index is 1820. The summed E-state index contributed by atoms with van der Waals surface area (Å²) < 4.78 is 67.3. The van der Waals surface area contributed by atoms with Gasteiger partial charge in [-0.3, -0.25) is 0 Å². The molecule has 4 aromatic rings. The molecule has 0 aromatic carbocycles. The standard InChI is InChI=1S/C20H26F2N10O10P2S/c21-8-6-1-37-43(34,35)41-12-7(40-18(9(12)22)31-4-27-10-14(23)25-3-26-15(10)31)2-38-44(36,45)42-13(8)19(39-6)32-5-28-11-16(32)29-20(24)30-17(11)33/h3-9,12-13,18-19,34-36,43-45H,1-2H2,(H2,23,25,26)(H3,24,29,30,33)/t6-,7?,8-,9+,12-,13?,18-,19-/m1/s1. The van der Waals surface area contributed by atoms with Crippen LogP contribution in [0.2, 0.25) is 0 Å². The predicted molar refractivity (Wildman–Crippen MR) is 154 cm³/mol. The molecule has 246 valence electrons. The summed E-state index contributed by atoms with van der Waals surface area (Å²) in [6.07, 6.45) is -10.1. The monoisotopic (exact) mass is 698 g/mol. The number of ether oxygens (including phenoxy) is 2. The maximum atomic E-state index is 15.9. The molecule has 3 aliphatic rings. The summed E-state index contributed by atoms with van der Waals surface area (Å²) in [5, 5.41) is 0. The second kappa shape index (κ2) is 11.2. The van der Waals surface area contributed by atoms with Crippen LogP contribution < -0.4 is 17.0 Å². The molecule has 0 amide bonds. The average molecular weight is 698 g/mol. The Morgan fingerprint density at radius 3 is 2.36 bits per heavy atom. The number of anilines is 2. The van der Waals surface area contributed by atoms with Crippen molar-refractivity contribution < 1.29 is 51.0 Å². The van der Waals surface area contributed by atoms with Gasteiger partial charge in [0, 0.05) is 0 Å². The van der Waals surface area contributed by atoms with E-state index in [9.17, 15) is 19.5 Å². The molecule has 45 heavy (non-hydrogen) atoms. The number of aromatic amines is 1. The molecule has 0 radical (unpaired) electrons. The SMILES string of the molecule is Nc1nc2c(ncn2[C@@H]2O[C@@H]3CO[PH](O)(O)O[C@@H]4C(CO[PH](O)(S)OC2[C@@H]3F)O[C@@H](n2cnc3c(N)ncnc32)[C@H]4F)c(=O)[nH]1. The Labute approximate surface area is 255 Å². The summed E-state index contributed by atoms with van der Waals surface area (Å²) in [5.74, 6) is -0.241. The first kappa shape index (κ1) is 30.8. The van der Waals surface area contributed by atoms with Crippen molar-refractivity contribution in [1.29, 1.82) is 0 Å². The van der Waals surface area contributed by atoms with Gasteiger partial charge in [0.1, 0.15) is 0 Å². The summed E-state index contributed by atoms with van der Waals surface area (Å²) in [5.41, 5.74) is 10.8. The first-order chi connectivity index (χ1) is 21.3. The van der Waals surface area contributed by atoms with Gasteiger partial charge in [-0.05, 0) is 0 Å². The van der Waals surface area contributed by atoms with Crippen molar-refractivity contribution in [3.63, 3.8) is 0 Å². The van der Waals surface area contributed by atoms with Gasteiger partial charge in [0.05, 0.1) is 0 Å². The van der Waals surface area contributed by atoms with Gasteiger partial charge in [0.25, 0.3) is 0 Å². The fourth-order valence-corrected chi connectivity index (χ4v) is 8.09. The second-order valence-corrected chi connectivity index (χ2v) is 15.2. The molecular weight excluding hydrogens is 672 g/mol. The minimum absolute atomic E-state index is 0.0270. The van der Waals surface area contributed by atoms with Gasteiger partial charge in [0.2, 0.25) is 0 Å². The number of alkyl halides is 2. The zero-order valence-electron chi connectivity index (χ0n) is 22.5. The van der Waals surface area contributed by atoms with Crippen molar-refractivity contribution in [3.05, 3.63) is 29.3 Å². The number of nitrogen functional groups attached to an aromatic ring is 2. The van der Waals surface area contributed by atoms with Crippen LogP contribution in [-0.2, 0) is 27.6 Å². The Kier molecular flexibility index (Phi) is 7.66. The van der Waals surface area contributed by atoms with E-state index in [0.29, 0.717) is 0 Å². The number of H-pyrrole nitrogens is 1. The van der Waals surface area contributed by atoms with Gasteiger partial charge in [-0.25, -0.2) is 0 Å². The summed E-state index contributed by atoms with van der Waals surface area (Å²) in [4.78, 5) is 67.0. The van der Waals surface area contributed by atoms with Crippen LogP contribution in [0.25, 0.3) is 22.3 Å². The zero-order valence-corrected chi connectivity index (χ0v) is 25.3. The molecule has 0 saturated carbocycles. The molecule has 2 unspecified atom stereocenters. The molecular formula is C20H26F2N10O10P2S. The van der Waals surface area contributed by atoms with Crippen molar-refractivity contribution in [2.45, 2.75) is 49.2 Å². The number of halogens is 2. The number of nitrogens with zero attached hydrogens (tertiary/aromatic N) is 7. The van der Waals surface area contributed by atoms with Crippen LogP contribution >= 0.6 is 27.6 Å². The van der Waals surface area contributed by atoms with Crippen molar-refractivity contribution >= 4 is 61.7 Å². The summed E-state index contributed by atoms with van der Waals surface area (Å²) in [7, 11) is -9.86. The second-order valence-electron chi connectivity index (χ2n) is 10.3. The van der Waals surface area contributed by atoms with E-state index in [1.807, 2.05) is 0 Å². The molecule has 7 heterocycles. The van der Waals surface area contributed by atoms with Gasteiger partial charge < -0.3 is 0 Å². The van der Waals surface area contributed by atoms with Crippen LogP contribution in [0.1, 0.15) is 12.5 Å². The Morgan fingerprint density at radius 2 is 1.58 bits per heavy atom. The van der Waals surface area contributed by atoms with E-state index in [4.69, 9.17) is 39.0 Å². The molecule has 4 aromatic heterocycles. The normalized spacial score (nSPS) is 34.9. The molecule has 25 heteroatoms. The number of hydrogen-bond acceptors (Lipinski definition) is 18. The quantitative estimate of drug-likeness (QED) is 0.0991. The van der Waals surface area contributed by atoms with Crippen molar-refractivity contribution in [3.8, 4) is 0 Å². The minimum atomic E-state index is -5.24. The van der Waals surface area contributed by atoms with Crippen LogP contribution in [0.5, 0.6) is 0 Å². The summed E-state index contributed by atoms with van der Waals surface area (Å²) in [6, 6.07) is 0. The number of rotatable bonds is 2. The van der Waals surface area contributed by atoms with Gasteiger partial charge >= 0.3 is 255 Å². The first-order valence-corrected chi connectivity index (χ1v) is 17.9. The molecule has 8 N–H and O–H groups in total. The van der Waals surface area contributed by atoms with Crippen LogP contribution in [-0.4, -0.2) is 104 Å². The molecule has 0 aliphatic carbocycles. The van der Waals surface area contributed by atoms with E-state index in [0.717, 1.165) is 17.2 Å². The first-order valence-electron chi connectivity index (χ1n) is 13.1. The Morgan fingerprint density at radius 1 is 0.889 bits per heavy atom. The fourth-order valence-electron chi connectivity index (χ4n) is 5.36. The van der Waals surface area contributed by atoms with Gasteiger partial charge in [-0.15, -0.1) is 0 Å². The Hall–Kier alpha value is -2.79. The van der Waals surface area contributed by atoms with E-state index in [1.165, 1.54) is 10.9 Å². The van der Waals surface area contributed by atoms with Crippen LogP contribution in [0.3, 0.4) is 0 Å². The van der Waals surface area contributed by atoms with Crippen molar-refractivity contribution in [2.24, 2.45) is 0 Å². The summed E-state index contributed by atoms with van der Waals surface area (Å²) in [6.45, 7) is -1.50. The molecule has 3 aliphatic heterocycles. The number of hydrogen-bond donors (Lipinski definition) is 7. The molecule has 3 fully saturated rings. The molecule has 0 spiro atoms. The molecule has 20 nitrogen and oxygen atoms in total. The predicted octanol–water partition coefficient (Wildman–Crippen LogP) is -0.861. The molecule has 7 rings (SSSR count). The fraction of sp³-hybridized carbons (Fsp3) is 0.500. The topological polar surface area (TPSA) is 275 Å². The van der Waals surface area contributed by atoms with Crippen LogP contribution in [0.4, 0.5) is 20.5 Å². The number of imidazole rings is 2. The Balaban J connectivity index is 1.20. The third-order valence-corrected chi connectivity index (χ3v) is 10.3. The van der Waals surface area contributed by atoms with E-state index >= 15 is 8.78 Å². The number of nitrogens with two attached hydrogens (primary N) is 2. The van der Waals surface area contributed by atoms with Crippen LogP contribution in [0.15, 0.2) is 23.8 Å². The number of fused-ring (bicyclic) bond motifs is 5. The van der Waals surface area contributed by atoms with Crippen molar-refractivity contribution in [2.75, 3.05) is 24.7 Å². The van der Waals surface area contributed by atoms with Gasteiger partial charge in [-0.1, -0.05) is 0 Å².